The van der Waals surface area contributed by atoms with Gasteiger partial charge in [-0.2, -0.15) is 0 Å². The molecule has 0 aliphatic carbocycles. The first kappa shape index (κ1) is 13.1. The van der Waals surface area contributed by atoms with Gasteiger partial charge in [-0.3, -0.25) is 4.79 Å². The fraction of sp³-hybridized carbons (Fsp3) is 0.643. The number of carbonyl (C=O) groups is 1. The molecule has 1 saturated heterocycles. The lowest BCUT2D eigenvalue weighted by atomic mass is 9.93. The SMILES string of the molecule is CNCCC1CCN(C(=O)c2c[nH]cc2C)CC1. The van der Waals surface area contributed by atoms with Gasteiger partial charge in [-0.15, -0.1) is 0 Å². The Hall–Kier alpha value is -1.29. The van der Waals surface area contributed by atoms with Crippen molar-refractivity contribution in [2.45, 2.75) is 26.2 Å². The van der Waals surface area contributed by atoms with E-state index in [0.29, 0.717) is 0 Å². The van der Waals surface area contributed by atoms with E-state index in [9.17, 15) is 4.79 Å². The molecule has 100 valence electrons. The molecule has 1 aromatic heterocycles. The number of piperidine rings is 1. The monoisotopic (exact) mass is 249 g/mol. The Bertz CT molecular complexity index is 391. The topological polar surface area (TPSA) is 48.1 Å². The Balaban J connectivity index is 1.86. The standard InChI is InChI=1S/C14H23N3O/c1-11-9-16-10-13(11)14(18)17-7-4-12(5-8-17)3-6-15-2/h9-10,12,15-16H,3-8H2,1-2H3. The van der Waals surface area contributed by atoms with Gasteiger partial charge >= 0.3 is 0 Å². The zero-order valence-electron chi connectivity index (χ0n) is 11.3. The third kappa shape index (κ3) is 2.93. The van der Waals surface area contributed by atoms with Gasteiger partial charge in [0.15, 0.2) is 0 Å². The van der Waals surface area contributed by atoms with Crippen LogP contribution in [-0.4, -0.2) is 42.5 Å². The number of rotatable bonds is 4. The molecule has 1 aliphatic rings. The maximum absolute atomic E-state index is 12.3. The molecule has 0 bridgehead atoms. The van der Waals surface area contributed by atoms with E-state index in [-0.39, 0.29) is 5.91 Å². The Morgan fingerprint density at radius 1 is 1.44 bits per heavy atom. The largest absolute Gasteiger partial charge is 0.367 e. The van der Waals surface area contributed by atoms with E-state index in [4.69, 9.17) is 0 Å². The summed E-state index contributed by atoms with van der Waals surface area (Å²) in [7, 11) is 1.99. The number of amides is 1. The third-order valence-corrected chi connectivity index (χ3v) is 3.89. The summed E-state index contributed by atoms with van der Waals surface area (Å²) in [6, 6.07) is 0. The van der Waals surface area contributed by atoms with Gasteiger partial charge in [0.05, 0.1) is 5.56 Å². The van der Waals surface area contributed by atoms with Crippen molar-refractivity contribution in [2.75, 3.05) is 26.7 Å². The van der Waals surface area contributed by atoms with E-state index in [1.54, 1.807) is 0 Å². The van der Waals surface area contributed by atoms with Crippen LogP contribution < -0.4 is 5.32 Å². The van der Waals surface area contributed by atoms with Gasteiger partial charge in [-0.25, -0.2) is 0 Å². The van der Waals surface area contributed by atoms with Crippen molar-refractivity contribution in [3.8, 4) is 0 Å². The molecule has 1 aromatic rings. The van der Waals surface area contributed by atoms with Crippen LogP contribution in [0.4, 0.5) is 0 Å². The predicted octanol–water partition coefficient (Wildman–Crippen LogP) is 1.78. The lowest BCUT2D eigenvalue weighted by Crippen LogP contribution is -2.39. The van der Waals surface area contributed by atoms with Crippen LogP contribution in [0.25, 0.3) is 0 Å². The van der Waals surface area contributed by atoms with Crippen molar-refractivity contribution < 1.29 is 4.79 Å². The highest BCUT2D eigenvalue weighted by Crippen LogP contribution is 2.22. The molecule has 2 heterocycles. The lowest BCUT2D eigenvalue weighted by Gasteiger charge is -2.32. The van der Waals surface area contributed by atoms with E-state index in [0.717, 1.165) is 49.5 Å². The van der Waals surface area contributed by atoms with Crippen LogP contribution in [0, 0.1) is 12.8 Å². The Kier molecular flexibility index (Phi) is 4.42. The fourth-order valence-corrected chi connectivity index (χ4v) is 2.62. The molecule has 0 unspecified atom stereocenters. The van der Waals surface area contributed by atoms with Crippen LogP contribution in [0.15, 0.2) is 12.4 Å². The lowest BCUT2D eigenvalue weighted by molar-refractivity contribution is 0.0686. The highest BCUT2D eigenvalue weighted by molar-refractivity contribution is 5.95. The van der Waals surface area contributed by atoms with Crippen LogP contribution in [0.2, 0.25) is 0 Å². The summed E-state index contributed by atoms with van der Waals surface area (Å²) in [6.45, 7) is 4.86. The van der Waals surface area contributed by atoms with Crippen LogP contribution in [-0.2, 0) is 0 Å². The van der Waals surface area contributed by atoms with Crippen molar-refractivity contribution in [3.05, 3.63) is 23.5 Å². The second kappa shape index (κ2) is 6.05. The average molecular weight is 249 g/mol. The number of nitrogens with one attached hydrogen (secondary N) is 2. The molecule has 0 aromatic carbocycles. The molecular weight excluding hydrogens is 226 g/mol. The summed E-state index contributed by atoms with van der Waals surface area (Å²) in [5, 5.41) is 3.19. The molecule has 18 heavy (non-hydrogen) atoms. The van der Waals surface area contributed by atoms with Crippen molar-refractivity contribution in [1.82, 2.24) is 15.2 Å². The highest BCUT2D eigenvalue weighted by Gasteiger charge is 2.24. The minimum Gasteiger partial charge on any atom is -0.367 e. The number of likely N-dealkylation sites (tertiary alicyclic amines) is 1. The summed E-state index contributed by atoms with van der Waals surface area (Å²) < 4.78 is 0. The molecule has 0 saturated carbocycles. The zero-order valence-corrected chi connectivity index (χ0v) is 11.3. The van der Waals surface area contributed by atoms with Crippen molar-refractivity contribution in [1.29, 1.82) is 0 Å². The van der Waals surface area contributed by atoms with E-state index < -0.39 is 0 Å². The van der Waals surface area contributed by atoms with Crippen LogP contribution in [0.3, 0.4) is 0 Å². The highest BCUT2D eigenvalue weighted by atomic mass is 16.2. The molecule has 4 heteroatoms. The number of aryl methyl sites for hydroxylation is 1. The number of hydrogen-bond donors (Lipinski definition) is 2. The Morgan fingerprint density at radius 3 is 2.72 bits per heavy atom. The van der Waals surface area contributed by atoms with Gasteiger partial charge in [0.1, 0.15) is 0 Å². The average Bonchev–Trinajstić information content (AvgIpc) is 2.82. The first-order valence-corrected chi connectivity index (χ1v) is 6.79. The predicted molar refractivity (Wildman–Crippen MR) is 72.7 cm³/mol. The first-order valence-electron chi connectivity index (χ1n) is 6.79. The van der Waals surface area contributed by atoms with Crippen molar-refractivity contribution >= 4 is 5.91 Å². The van der Waals surface area contributed by atoms with Crippen LogP contribution in [0.5, 0.6) is 0 Å². The van der Waals surface area contributed by atoms with Crippen LogP contribution in [0.1, 0.15) is 35.2 Å². The second-order valence-electron chi connectivity index (χ2n) is 5.18. The van der Waals surface area contributed by atoms with Gasteiger partial charge in [0.2, 0.25) is 0 Å². The Morgan fingerprint density at radius 2 is 2.17 bits per heavy atom. The second-order valence-corrected chi connectivity index (χ2v) is 5.18. The maximum atomic E-state index is 12.3. The fourth-order valence-electron chi connectivity index (χ4n) is 2.62. The molecule has 1 aliphatic heterocycles. The van der Waals surface area contributed by atoms with Gasteiger partial charge in [-0.05, 0) is 51.3 Å². The van der Waals surface area contributed by atoms with E-state index in [2.05, 4.69) is 10.3 Å². The summed E-state index contributed by atoms with van der Waals surface area (Å²) in [6.07, 6.45) is 7.19. The minimum atomic E-state index is 0.181. The number of nitrogens with zero attached hydrogens (tertiary/aromatic N) is 1. The molecule has 2 N–H and O–H groups in total. The van der Waals surface area contributed by atoms with Gasteiger partial charge in [0, 0.05) is 25.5 Å². The van der Waals surface area contributed by atoms with Crippen molar-refractivity contribution in [3.63, 3.8) is 0 Å². The molecule has 4 nitrogen and oxygen atoms in total. The quantitative estimate of drug-likeness (QED) is 0.854. The maximum Gasteiger partial charge on any atom is 0.255 e. The molecule has 0 radical (unpaired) electrons. The van der Waals surface area contributed by atoms with E-state index in [1.165, 1.54) is 6.42 Å². The number of carbonyl (C=O) groups excluding carboxylic acids is 1. The molecule has 1 fully saturated rings. The van der Waals surface area contributed by atoms with Crippen LogP contribution >= 0.6 is 0 Å². The number of hydrogen-bond acceptors (Lipinski definition) is 2. The minimum absolute atomic E-state index is 0.181. The summed E-state index contributed by atoms with van der Waals surface area (Å²) in [4.78, 5) is 17.3. The van der Waals surface area contributed by atoms with Gasteiger partial charge < -0.3 is 15.2 Å². The molecule has 0 spiro atoms. The van der Waals surface area contributed by atoms with E-state index in [1.807, 2.05) is 31.3 Å². The first-order chi connectivity index (χ1) is 8.72. The Labute approximate surface area is 109 Å². The number of aromatic amines is 1. The summed E-state index contributed by atoms with van der Waals surface area (Å²) in [5.74, 6) is 0.953. The smallest absolute Gasteiger partial charge is 0.255 e. The summed E-state index contributed by atoms with van der Waals surface area (Å²) in [5.41, 5.74) is 1.86. The molecule has 2 rings (SSSR count). The third-order valence-electron chi connectivity index (χ3n) is 3.89. The van der Waals surface area contributed by atoms with E-state index >= 15 is 0 Å². The zero-order chi connectivity index (χ0) is 13.0. The molecular formula is C14H23N3O. The van der Waals surface area contributed by atoms with Gasteiger partial charge in [-0.1, -0.05) is 0 Å². The number of aromatic nitrogens is 1. The normalized spacial score (nSPS) is 17.1. The van der Waals surface area contributed by atoms with Gasteiger partial charge in [0.25, 0.3) is 5.91 Å². The molecule has 0 atom stereocenters. The molecule has 1 amide bonds. The number of H-pyrrole nitrogens is 1. The van der Waals surface area contributed by atoms with Crippen molar-refractivity contribution in [2.24, 2.45) is 5.92 Å². The summed E-state index contributed by atoms with van der Waals surface area (Å²) >= 11 is 0.